The monoisotopic (exact) mass is 252 g/mol. The minimum absolute atomic E-state index is 0.0940. The van der Waals surface area contributed by atoms with E-state index in [0.29, 0.717) is 5.56 Å². The predicted molar refractivity (Wildman–Crippen MR) is 76.0 cm³/mol. The summed E-state index contributed by atoms with van der Waals surface area (Å²) in [4.78, 5) is 0. The van der Waals surface area contributed by atoms with Crippen LogP contribution in [0, 0.1) is 18.3 Å². The Balaban J connectivity index is 2.20. The van der Waals surface area contributed by atoms with E-state index in [0.717, 1.165) is 16.8 Å². The maximum atomic E-state index is 9.39. The van der Waals surface area contributed by atoms with Crippen molar-refractivity contribution in [2.24, 2.45) is 0 Å². The Morgan fingerprint density at radius 1 is 1.21 bits per heavy atom. The van der Waals surface area contributed by atoms with E-state index in [1.165, 1.54) is 0 Å². The zero-order valence-electron chi connectivity index (χ0n) is 11.0. The number of rotatable bonds is 3. The summed E-state index contributed by atoms with van der Waals surface area (Å²) in [6.07, 6.45) is 0. The highest BCUT2D eigenvalue weighted by Gasteiger charge is 2.07. The molecule has 2 aromatic rings. The lowest BCUT2D eigenvalue weighted by molar-refractivity contribution is 0.475. The molecule has 0 saturated heterocycles. The van der Waals surface area contributed by atoms with E-state index in [4.69, 9.17) is 5.26 Å². The smallest absolute Gasteiger partial charge is 0.115 e. The van der Waals surface area contributed by atoms with Crippen molar-refractivity contribution in [3.05, 3.63) is 59.2 Å². The highest BCUT2D eigenvalue weighted by atomic mass is 16.3. The summed E-state index contributed by atoms with van der Waals surface area (Å²) >= 11 is 0. The Bertz CT molecular complexity index is 629. The van der Waals surface area contributed by atoms with Crippen molar-refractivity contribution in [2.75, 3.05) is 5.32 Å². The van der Waals surface area contributed by atoms with Crippen LogP contribution in [0.2, 0.25) is 0 Å². The van der Waals surface area contributed by atoms with E-state index < -0.39 is 0 Å². The molecule has 19 heavy (non-hydrogen) atoms. The Morgan fingerprint density at radius 2 is 2.00 bits per heavy atom. The lowest BCUT2D eigenvalue weighted by Gasteiger charge is -2.17. The van der Waals surface area contributed by atoms with Crippen molar-refractivity contribution in [3.8, 4) is 11.8 Å². The second-order valence-corrected chi connectivity index (χ2v) is 4.60. The zero-order valence-corrected chi connectivity index (χ0v) is 11.0. The van der Waals surface area contributed by atoms with Gasteiger partial charge in [0.2, 0.25) is 0 Å². The van der Waals surface area contributed by atoms with E-state index in [1.54, 1.807) is 18.2 Å². The van der Waals surface area contributed by atoms with Crippen LogP contribution in [0.15, 0.2) is 42.5 Å². The van der Waals surface area contributed by atoms with Crippen LogP contribution in [0.1, 0.15) is 29.7 Å². The van der Waals surface area contributed by atoms with Gasteiger partial charge < -0.3 is 10.4 Å². The fourth-order valence-electron chi connectivity index (χ4n) is 2.00. The van der Waals surface area contributed by atoms with Gasteiger partial charge in [0.25, 0.3) is 0 Å². The molecule has 3 heteroatoms. The highest BCUT2D eigenvalue weighted by molar-refractivity contribution is 5.54. The molecule has 0 fully saturated rings. The summed E-state index contributed by atoms with van der Waals surface area (Å²) in [6, 6.07) is 15.0. The molecule has 2 rings (SSSR count). The Hall–Kier alpha value is -2.47. The molecule has 0 aliphatic carbocycles. The number of aromatic hydroxyl groups is 1. The quantitative estimate of drug-likeness (QED) is 0.818. The summed E-state index contributed by atoms with van der Waals surface area (Å²) in [5, 5.41) is 21.7. The van der Waals surface area contributed by atoms with Crippen molar-refractivity contribution < 1.29 is 5.11 Å². The fourth-order valence-corrected chi connectivity index (χ4v) is 2.00. The predicted octanol–water partition coefficient (Wildman–Crippen LogP) is 3.75. The van der Waals surface area contributed by atoms with E-state index in [2.05, 4.69) is 11.4 Å². The Morgan fingerprint density at radius 3 is 2.68 bits per heavy atom. The first-order valence-electron chi connectivity index (χ1n) is 6.16. The molecule has 0 radical (unpaired) electrons. The molecular formula is C16H16N2O. The largest absolute Gasteiger partial charge is 0.508 e. The average molecular weight is 252 g/mol. The van der Waals surface area contributed by atoms with E-state index in [1.807, 2.05) is 38.1 Å². The summed E-state index contributed by atoms with van der Waals surface area (Å²) in [5.74, 6) is 0.266. The van der Waals surface area contributed by atoms with Gasteiger partial charge in [-0.3, -0.25) is 0 Å². The van der Waals surface area contributed by atoms with Crippen LogP contribution in [-0.4, -0.2) is 5.11 Å². The number of hydrogen-bond donors (Lipinski definition) is 2. The van der Waals surface area contributed by atoms with Gasteiger partial charge in [0.15, 0.2) is 0 Å². The lowest BCUT2D eigenvalue weighted by Crippen LogP contribution is -2.07. The van der Waals surface area contributed by atoms with Crippen LogP contribution in [0.4, 0.5) is 5.69 Å². The maximum Gasteiger partial charge on any atom is 0.115 e. The van der Waals surface area contributed by atoms with Gasteiger partial charge in [0.05, 0.1) is 11.6 Å². The van der Waals surface area contributed by atoms with Crippen LogP contribution >= 0.6 is 0 Å². The molecule has 0 amide bonds. The lowest BCUT2D eigenvalue weighted by atomic mass is 10.0. The number of aryl methyl sites for hydroxylation is 1. The third kappa shape index (κ3) is 3.05. The van der Waals surface area contributed by atoms with Gasteiger partial charge in [0.1, 0.15) is 5.75 Å². The molecule has 0 aromatic heterocycles. The van der Waals surface area contributed by atoms with Gasteiger partial charge in [-0.2, -0.15) is 5.26 Å². The molecule has 0 heterocycles. The van der Waals surface area contributed by atoms with Crippen LogP contribution < -0.4 is 5.32 Å². The molecule has 3 nitrogen and oxygen atoms in total. The second-order valence-electron chi connectivity index (χ2n) is 4.60. The SMILES string of the molecule is Cc1cc(O)ccc1NC(C)c1cccc(C#N)c1. The number of hydrogen-bond acceptors (Lipinski definition) is 3. The fraction of sp³-hybridized carbons (Fsp3) is 0.188. The zero-order chi connectivity index (χ0) is 13.8. The van der Waals surface area contributed by atoms with Gasteiger partial charge >= 0.3 is 0 Å². The first-order valence-corrected chi connectivity index (χ1v) is 6.16. The van der Waals surface area contributed by atoms with E-state index >= 15 is 0 Å². The third-order valence-corrected chi connectivity index (χ3v) is 3.10. The third-order valence-electron chi connectivity index (χ3n) is 3.10. The molecule has 0 aliphatic rings. The van der Waals surface area contributed by atoms with Crippen molar-refractivity contribution in [3.63, 3.8) is 0 Å². The second kappa shape index (κ2) is 5.45. The highest BCUT2D eigenvalue weighted by Crippen LogP contribution is 2.25. The van der Waals surface area contributed by atoms with Crippen LogP contribution in [0.25, 0.3) is 0 Å². The molecular weight excluding hydrogens is 236 g/mol. The molecule has 96 valence electrons. The van der Waals surface area contributed by atoms with E-state index in [-0.39, 0.29) is 11.8 Å². The molecule has 1 unspecified atom stereocenters. The van der Waals surface area contributed by atoms with Crippen molar-refractivity contribution in [1.29, 1.82) is 5.26 Å². The molecule has 2 N–H and O–H groups in total. The van der Waals surface area contributed by atoms with Crippen LogP contribution in [-0.2, 0) is 0 Å². The Kier molecular flexibility index (Phi) is 3.72. The molecule has 0 spiro atoms. The first-order chi connectivity index (χ1) is 9.10. The summed E-state index contributed by atoms with van der Waals surface area (Å²) in [6.45, 7) is 3.99. The van der Waals surface area contributed by atoms with E-state index in [9.17, 15) is 5.11 Å². The molecule has 2 aromatic carbocycles. The number of benzene rings is 2. The molecule has 0 bridgehead atoms. The van der Waals surface area contributed by atoms with Crippen LogP contribution in [0.3, 0.4) is 0 Å². The normalized spacial score (nSPS) is 11.6. The van der Waals surface area contributed by atoms with Crippen molar-refractivity contribution in [1.82, 2.24) is 0 Å². The van der Waals surface area contributed by atoms with Gasteiger partial charge in [0, 0.05) is 11.7 Å². The van der Waals surface area contributed by atoms with Crippen LogP contribution in [0.5, 0.6) is 5.75 Å². The standard InChI is InChI=1S/C16H16N2O/c1-11-8-15(19)6-7-16(11)18-12(2)14-5-3-4-13(9-14)10-17/h3-9,12,18-19H,1-2H3. The number of phenols is 1. The Labute approximate surface area is 113 Å². The number of phenolic OH excluding ortho intramolecular Hbond substituents is 1. The minimum atomic E-state index is 0.0940. The van der Waals surface area contributed by atoms with Crippen molar-refractivity contribution >= 4 is 5.69 Å². The van der Waals surface area contributed by atoms with Gasteiger partial charge in [-0.1, -0.05) is 12.1 Å². The van der Waals surface area contributed by atoms with Gasteiger partial charge in [-0.05, 0) is 55.3 Å². The van der Waals surface area contributed by atoms with Crippen molar-refractivity contribution in [2.45, 2.75) is 19.9 Å². The average Bonchev–Trinajstić information content (AvgIpc) is 2.42. The molecule has 1 atom stereocenters. The summed E-state index contributed by atoms with van der Waals surface area (Å²) in [5.41, 5.74) is 3.69. The topological polar surface area (TPSA) is 56.0 Å². The van der Waals surface area contributed by atoms with Gasteiger partial charge in [-0.15, -0.1) is 0 Å². The number of nitrogens with zero attached hydrogens (tertiary/aromatic N) is 1. The number of nitriles is 1. The maximum absolute atomic E-state index is 9.39. The number of anilines is 1. The molecule has 0 saturated carbocycles. The number of nitrogens with one attached hydrogen (secondary N) is 1. The van der Waals surface area contributed by atoms with Gasteiger partial charge in [-0.25, -0.2) is 0 Å². The first kappa shape index (κ1) is 13.0. The minimum Gasteiger partial charge on any atom is -0.508 e. The molecule has 0 aliphatic heterocycles. The summed E-state index contributed by atoms with van der Waals surface area (Å²) < 4.78 is 0. The summed E-state index contributed by atoms with van der Waals surface area (Å²) in [7, 11) is 0.